The molecule has 1 aromatic carbocycles. The van der Waals surface area contributed by atoms with Crippen LogP contribution in [0.2, 0.25) is 0 Å². The largest absolute Gasteiger partial charge is 0.473 e. The molecule has 0 saturated carbocycles. The van der Waals surface area contributed by atoms with Gasteiger partial charge in [0, 0.05) is 0 Å². The molecular formula is C14H23NO2. The molecular weight excluding hydrogens is 214 g/mol. The standard InChI is InChI=1S/C14H23NO2/c1-9-6-7-12(17-13(15)10(2)16)11(8-9)14(3,4)5/h6-8,10,13,16H,15H2,1-5H3. The van der Waals surface area contributed by atoms with Gasteiger partial charge in [0.15, 0.2) is 6.23 Å². The SMILES string of the molecule is Cc1ccc(OC(N)C(C)O)c(C(C)(C)C)c1. The third kappa shape index (κ3) is 3.72. The van der Waals surface area contributed by atoms with E-state index in [4.69, 9.17) is 10.5 Å². The minimum atomic E-state index is -0.696. The van der Waals surface area contributed by atoms with E-state index in [0.29, 0.717) is 0 Å². The molecule has 0 spiro atoms. The lowest BCUT2D eigenvalue weighted by molar-refractivity contribution is 0.0516. The fourth-order valence-electron chi connectivity index (χ4n) is 1.58. The van der Waals surface area contributed by atoms with Crippen LogP contribution in [0.1, 0.15) is 38.8 Å². The minimum absolute atomic E-state index is 0.0141. The lowest BCUT2D eigenvalue weighted by atomic mass is 9.85. The summed E-state index contributed by atoms with van der Waals surface area (Å²) in [5, 5.41) is 9.38. The second-order valence-corrected chi connectivity index (χ2v) is 5.57. The van der Waals surface area contributed by atoms with Gasteiger partial charge in [0.1, 0.15) is 11.9 Å². The van der Waals surface area contributed by atoms with Gasteiger partial charge in [-0.1, -0.05) is 38.5 Å². The number of aliphatic hydroxyl groups excluding tert-OH is 1. The van der Waals surface area contributed by atoms with E-state index in [2.05, 4.69) is 26.8 Å². The number of aliphatic hydroxyl groups is 1. The van der Waals surface area contributed by atoms with Crippen molar-refractivity contribution in [2.75, 3.05) is 0 Å². The van der Waals surface area contributed by atoms with Crippen LogP contribution in [0.5, 0.6) is 5.75 Å². The van der Waals surface area contributed by atoms with Crippen molar-refractivity contribution in [3.05, 3.63) is 29.3 Å². The average molecular weight is 237 g/mol. The molecule has 3 nitrogen and oxygen atoms in total. The summed E-state index contributed by atoms with van der Waals surface area (Å²) in [5.41, 5.74) is 8.01. The maximum Gasteiger partial charge on any atom is 0.173 e. The van der Waals surface area contributed by atoms with Crippen molar-refractivity contribution in [1.82, 2.24) is 0 Å². The molecule has 0 radical (unpaired) electrons. The van der Waals surface area contributed by atoms with Gasteiger partial charge >= 0.3 is 0 Å². The first kappa shape index (κ1) is 14.0. The van der Waals surface area contributed by atoms with E-state index in [0.717, 1.165) is 11.3 Å². The molecule has 0 aliphatic heterocycles. The molecule has 3 heteroatoms. The van der Waals surface area contributed by atoms with Crippen LogP contribution in [0.25, 0.3) is 0 Å². The molecule has 0 bridgehead atoms. The molecule has 17 heavy (non-hydrogen) atoms. The van der Waals surface area contributed by atoms with Gasteiger partial charge in [-0.2, -0.15) is 0 Å². The van der Waals surface area contributed by atoms with Crippen molar-refractivity contribution in [1.29, 1.82) is 0 Å². The summed E-state index contributed by atoms with van der Waals surface area (Å²) >= 11 is 0. The predicted octanol–water partition coefficient (Wildman–Crippen LogP) is 2.34. The van der Waals surface area contributed by atoms with E-state index in [1.54, 1.807) is 6.92 Å². The van der Waals surface area contributed by atoms with Gasteiger partial charge in [-0.05, 0) is 30.9 Å². The summed E-state index contributed by atoms with van der Waals surface area (Å²) < 4.78 is 5.62. The maximum atomic E-state index is 9.38. The van der Waals surface area contributed by atoms with Crippen LogP contribution in [0, 0.1) is 6.92 Å². The van der Waals surface area contributed by atoms with E-state index >= 15 is 0 Å². The van der Waals surface area contributed by atoms with E-state index < -0.39 is 12.3 Å². The highest BCUT2D eigenvalue weighted by atomic mass is 16.5. The fraction of sp³-hybridized carbons (Fsp3) is 0.571. The summed E-state index contributed by atoms with van der Waals surface area (Å²) in [6.07, 6.45) is -1.39. The van der Waals surface area contributed by atoms with Crippen LogP contribution in [0.3, 0.4) is 0 Å². The third-order valence-electron chi connectivity index (χ3n) is 2.68. The molecule has 1 aromatic rings. The molecule has 0 fully saturated rings. The van der Waals surface area contributed by atoms with Gasteiger partial charge in [0.25, 0.3) is 0 Å². The Balaban J connectivity index is 3.07. The molecule has 0 aliphatic carbocycles. The normalized spacial score (nSPS) is 15.5. The van der Waals surface area contributed by atoms with Crippen LogP contribution in [-0.4, -0.2) is 17.4 Å². The molecule has 2 atom stereocenters. The monoisotopic (exact) mass is 237 g/mol. The van der Waals surface area contributed by atoms with Crippen LogP contribution >= 0.6 is 0 Å². The summed E-state index contributed by atoms with van der Waals surface area (Å²) in [6, 6.07) is 6.00. The van der Waals surface area contributed by atoms with Gasteiger partial charge in [-0.3, -0.25) is 5.73 Å². The van der Waals surface area contributed by atoms with Gasteiger partial charge in [0.05, 0.1) is 0 Å². The zero-order valence-corrected chi connectivity index (χ0v) is 11.3. The molecule has 0 aliphatic rings. The highest BCUT2D eigenvalue weighted by molar-refractivity contribution is 5.41. The fourth-order valence-corrected chi connectivity index (χ4v) is 1.58. The molecule has 3 N–H and O–H groups in total. The quantitative estimate of drug-likeness (QED) is 0.793. The lowest BCUT2D eigenvalue weighted by Gasteiger charge is -2.26. The van der Waals surface area contributed by atoms with Gasteiger partial charge < -0.3 is 9.84 Å². The van der Waals surface area contributed by atoms with Crippen molar-refractivity contribution in [2.45, 2.75) is 52.4 Å². The highest BCUT2D eigenvalue weighted by Gasteiger charge is 2.21. The number of hydrogen-bond donors (Lipinski definition) is 2. The number of benzene rings is 1. The highest BCUT2D eigenvalue weighted by Crippen LogP contribution is 2.32. The molecule has 2 unspecified atom stereocenters. The Labute approximate surface area is 104 Å². The first-order valence-corrected chi connectivity index (χ1v) is 5.93. The second-order valence-electron chi connectivity index (χ2n) is 5.57. The molecule has 0 saturated heterocycles. The number of nitrogens with two attached hydrogens (primary N) is 1. The Morgan fingerprint density at radius 3 is 2.35 bits per heavy atom. The molecule has 0 amide bonds. The molecule has 1 rings (SSSR count). The Kier molecular flexibility index (Phi) is 4.17. The van der Waals surface area contributed by atoms with Crippen LogP contribution in [0.15, 0.2) is 18.2 Å². The smallest absolute Gasteiger partial charge is 0.173 e. The van der Waals surface area contributed by atoms with Crippen molar-refractivity contribution in [3.63, 3.8) is 0 Å². The van der Waals surface area contributed by atoms with Crippen molar-refractivity contribution >= 4 is 0 Å². The zero-order valence-electron chi connectivity index (χ0n) is 11.3. The lowest BCUT2D eigenvalue weighted by Crippen LogP contribution is -2.38. The number of ether oxygens (including phenoxy) is 1. The minimum Gasteiger partial charge on any atom is -0.473 e. The zero-order chi connectivity index (χ0) is 13.2. The Hall–Kier alpha value is -1.06. The van der Waals surface area contributed by atoms with E-state index in [9.17, 15) is 5.11 Å². The second kappa shape index (κ2) is 5.07. The summed E-state index contributed by atoms with van der Waals surface area (Å²) in [7, 11) is 0. The first-order valence-electron chi connectivity index (χ1n) is 5.93. The van der Waals surface area contributed by atoms with Gasteiger partial charge in [-0.15, -0.1) is 0 Å². The number of aryl methyl sites for hydroxylation is 1. The van der Waals surface area contributed by atoms with E-state index in [1.807, 2.05) is 19.1 Å². The summed E-state index contributed by atoms with van der Waals surface area (Å²) in [4.78, 5) is 0. The average Bonchev–Trinajstić information content (AvgIpc) is 2.18. The summed E-state index contributed by atoms with van der Waals surface area (Å²) in [6.45, 7) is 10.1. The van der Waals surface area contributed by atoms with Crippen molar-refractivity contribution in [3.8, 4) is 5.75 Å². The number of hydrogen-bond acceptors (Lipinski definition) is 3. The Morgan fingerprint density at radius 2 is 1.88 bits per heavy atom. The van der Waals surface area contributed by atoms with Gasteiger partial charge in [0.2, 0.25) is 0 Å². The molecule has 0 heterocycles. The maximum absolute atomic E-state index is 9.38. The predicted molar refractivity (Wildman–Crippen MR) is 70.2 cm³/mol. The van der Waals surface area contributed by atoms with Gasteiger partial charge in [-0.25, -0.2) is 0 Å². The Morgan fingerprint density at radius 1 is 1.29 bits per heavy atom. The molecule has 96 valence electrons. The number of rotatable bonds is 3. The third-order valence-corrected chi connectivity index (χ3v) is 2.68. The van der Waals surface area contributed by atoms with Crippen molar-refractivity contribution < 1.29 is 9.84 Å². The first-order chi connectivity index (χ1) is 7.71. The summed E-state index contributed by atoms with van der Waals surface area (Å²) in [5.74, 6) is 0.747. The van der Waals surface area contributed by atoms with E-state index in [-0.39, 0.29) is 5.41 Å². The van der Waals surface area contributed by atoms with Crippen LogP contribution in [0.4, 0.5) is 0 Å². The molecule has 0 aromatic heterocycles. The van der Waals surface area contributed by atoms with Crippen LogP contribution < -0.4 is 10.5 Å². The van der Waals surface area contributed by atoms with E-state index in [1.165, 1.54) is 5.56 Å². The topological polar surface area (TPSA) is 55.5 Å². The Bertz CT molecular complexity index is 380. The van der Waals surface area contributed by atoms with Crippen LogP contribution in [-0.2, 0) is 5.41 Å². The van der Waals surface area contributed by atoms with Crippen molar-refractivity contribution in [2.24, 2.45) is 5.73 Å².